The molecule has 0 saturated carbocycles. The molecule has 0 spiro atoms. The summed E-state index contributed by atoms with van der Waals surface area (Å²) in [6, 6.07) is 18.5. The molecule has 1 amide bonds. The van der Waals surface area contributed by atoms with Gasteiger partial charge in [0.25, 0.3) is 0 Å². The summed E-state index contributed by atoms with van der Waals surface area (Å²) in [5.74, 6) is 0.114. The molecule has 0 saturated heterocycles. The lowest BCUT2D eigenvalue weighted by atomic mass is 10.1. The smallest absolute Gasteiger partial charge is 0.220 e. The number of carbonyl (C=O) groups excluding carboxylic acids is 1. The van der Waals surface area contributed by atoms with Crippen molar-refractivity contribution in [3.8, 4) is 0 Å². The zero-order valence-corrected chi connectivity index (χ0v) is 13.8. The maximum Gasteiger partial charge on any atom is 0.220 e. The number of benzene rings is 2. The van der Waals surface area contributed by atoms with Crippen LogP contribution in [-0.4, -0.2) is 11.9 Å². The summed E-state index contributed by atoms with van der Waals surface area (Å²) >= 11 is 3.42. The lowest BCUT2D eigenvalue weighted by Crippen LogP contribution is -2.34. The minimum absolute atomic E-state index is 0.114. The van der Waals surface area contributed by atoms with Crippen LogP contribution < -0.4 is 5.32 Å². The molecule has 0 aromatic heterocycles. The van der Waals surface area contributed by atoms with Crippen molar-refractivity contribution < 1.29 is 4.79 Å². The van der Waals surface area contributed by atoms with Gasteiger partial charge in [0.2, 0.25) is 5.91 Å². The van der Waals surface area contributed by atoms with Gasteiger partial charge in [0.05, 0.1) is 0 Å². The summed E-state index contributed by atoms with van der Waals surface area (Å²) in [6.07, 6.45) is 2.18. The maximum atomic E-state index is 12.0. The molecule has 0 aliphatic rings. The van der Waals surface area contributed by atoms with Crippen molar-refractivity contribution in [1.29, 1.82) is 0 Å². The fourth-order valence-corrected chi connectivity index (χ4v) is 2.54. The topological polar surface area (TPSA) is 29.1 Å². The first-order valence-electron chi connectivity index (χ1n) is 7.21. The van der Waals surface area contributed by atoms with Crippen LogP contribution in [0.5, 0.6) is 0 Å². The third-order valence-electron chi connectivity index (χ3n) is 3.35. The number of aryl methyl sites for hydroxylation is 1. The number of amides is 1. The molecule has 2 aromatic rings. The van der Waals surface area contributed by atoms with Crippen molar-refractivity contribution in [2.75, 3.05) is 0 Å². The third kappa shape index (κ3) is 5.72. The molecule has 0 aliphatic carbocycles. The highest BCUT2D eigenvalue weighted by molar-refractivity contribution is 9.10. The Morgan fingerprint density at radius 2 is 1.71 bits per heavy atom. The van der Waals surface area contributed by atoms with E-state index >= 15 is 0 Å². The molecule has 21 heavy (non-hydrogen) atoms. The molecule has 1 atom stereocenters. The van der Waals surface area contributed by atoms with Crippen molar-refractivity contribution in [2.24, 2.45) is 0 Å². The number of hydrogen-bond acceptors (Lipinski definition) is 1. The van der Waals surface area contributed by atoms with E-state index in [0.717, 1.165) is 17.3 Å². The van der Waals surface area contributed by atoms with Gasteiger partial charge in [-0.05, 0) is 43.0 Å². The van der Waals surface area contributed by atoms with Gasteiger partial charge >= 0.3 is 0 Å². The van der Waals surface area contributed by atoms with E-state index in [1.165, 1.54) is 11.1 Å². The van der Waals surface area contributed by atoms with Crippen LogP contribution in [-0.2, 0) is 17.6 Å². The fraction of sp³-hybridized carbons (Fsp3) is 0.278. The van der Waals surface area contributed by atoms with E-state index < -0.39 is 0 Å². The fourth-order valence-electron chi connectivity index (χ4n) is 2.27. The Kier molecular flexibility index (Phi) is 6.00. The normalized spacial score (nSPS) is 11.9. The Morgan fingerprint density at radius 1 is 1.05 bits per heavy atom. The average Bonchev–Trinajstić information content (AvgIpc) is 2.48. The van der Waals surface area contributed by atoms with Gasteiger partial charge in [0.15, 0.2) is 0 Å². The van der Waals surface area contributed by atoms with E-state index in [1.54, 1.807) is 0 Å². The van der Waals surface area contributed by atoms with Gasteiger partial charge in [-0.1, -0.05) is 58.4 Å². The highest BCUT2D eigenvalue weighted by atomic mass is 79.9. The van der Waals surface area contributed by atoms with E-state index in [9.17, 15) is 4.79 Å². The molecule has 0 fully saturated rings. The molecular formula is C18H20BrNO. The van der Waals surface area contributed by atoms with E-state index in [2.05, 4.69) is 45.5 Å². The molecule has 3 heteroatoms. The van der Waals surface area contributed by atoms with Crippen molar-refractivity contribution in [3.63, 3.8) is 0 Å². The number of rotatable bonds is 6. The standard InChI is InChI=1S/C18H20BrNO/c1-14(13-16-7-10-17(19)11-8-16)20-18(21)12-9-15-5-3-2-4-6-15/h2-8,10-11,14H,9,12-13H2,1H3,(H,20,21). The molecule has 0 aliphatic heterocycles. The number of nitrogens with one attached hydrogen (secondary N) is 1. The lowest BCUT2D eigenvalue weighted by Gasteiger charge is -2.14. The highest BCUT2D eigenvalue weighted by Crippen LogP contribution is 2.12. The molecule has 110 valence electrons. The lowest BCUT2D eigenvalue weighted by molar-refractivity contribution is -0.121. The summed E-state index contributed by atoms with van der Waals surface area (Å²) in [4.78, 5) is 12.0. The van der Waals surface area contributed by atoms with Crippen LogP contribution in [0.4, 0.5) is 0 Å². The second-order valence-corrected chi connectivity index (χ2v) is 6.20. The number of carbonyl (C=O) groups is 1. The summed E-state index contributed by atoms with van der Waals surface area (Å²) in [5.41, 5.74) is 2.43. The first-order valence-corrected chi connectivity index (χ1v) is 8.00. The second-order valence-electron chi connectivity index (χ2n) is 5.28. The molecule has 1 N–H and O–H groups in total. The van der Waals surface area contributed by atoms with E-state index in [-0.39, 0.29) is 11.9 Å². The Labute approximate surface area is 134 Å². The molecule has 2 aromatic carbocycles. The van der Waals surface area contributed by atoms with Crippen molar-refractivity contribution in [2.45, 2.75) is 32.2 Å². The van der Waals surface area contributed by atoms with Gasteiger partial charge in [0, 0.05) is 16.9 Å². The van der Waals surface area contributed by atoms with Crippen LogP contribution in [0.2, 0.25) is 0 Å². The Morgan fingerprint density at radius 3 is 2.38 bits per heavy atom. The first kappa shape index (κ1) is 15.8. The molecule has 1 unspecified atom stereocenters. The van der Waals surface area contributed by atoms with E-state index in [1.807, 2.05) is 37.3 Å². The number of halogens is 1. The van der Waals surface area contributed by atoms with Crippen LogP contribution >= 0.6 is 15.9 Å². The average molecular weight is 346 g/mol. The minimum Gasteiger partial charge on any atom is -0.353 e. The van der Waals surface area contributed by atoms with Gasteiger partial charge in [0.1, 0.15) is 0 Å². The second kappa shape index (κ2) is 7.99. The summed E-state index contributed by atoms with van der Waals surface area (Å²) in [5, 5.41) is 3.06. The van der Waals surface area contributed by atoms with Gasteiger partial charge in [-0.3, -0.25) is 4.79 Å². The van der Waals surface area contributed by atoms with Gasteiger partial charge in [-0.2, -0.15) is 0 Å². The highest BCUT2D eigenvalue weighted by Gasteiger charge is 2.08. The summed E-state index contributed by atoms with van der Waals surface area (Å²) < 4.78 is 1.07. The molecule has 2 rings (SSSR count). The molecule has 2 nitrogen and oxygen atoms in total. The van der Waals surface area contributed by atoms with Crippen LogP contribution in [0, 0.1) is 0 Å². The molecule has 0 bridgehead atoms. The van der Waals surface area contributed by atoms with Crippen molar-refractivity contribution in [1.82, 2.24) is 5.32 Å². The third-order valence-corrected chi connectivity index (χ3v) is 3.87. The predicted molar refractivity (Wildman–Crippen MR) is 90.2 cm³/mol. The van der Waals surface area contributed by atoms with Crippen molar-refractivity contribution in [3.05, 3.63) is 70.2 Å². The Bertz CT molecular complexity index is 566. The van der Waals surface area contributed by atoms with Gasteiger partial charge < -0.3 is 5.32 Å². The van der Waals surface area contributed by atoms with Crippen LogP contribution in [0.25, 0.3) is 0 Å². The summed E-state index contributed by atoms with van der Waals surface area (Å²) in [6.45, 7) is 2.04. The quantitative estimate of drug-likeness (QED) is 0.837. The zero-order valence-electron chi connectivity index (χ0n) is 12.2. The van der Waals surface area contributed by atoms with Crippen LogP contribution in [0.3, 0.4) is 0 Å². The van der Waals surface area contributed by atoms with E-state index in [4.69, 9.17) is 0 Å². The first-order chi connectivity index (χ1) is 10.1. The predicted octanol–water partition coefficient (Wildman–Crippen LogP) is 4.13. The van der Waals surface area contributed by atoms with Crippen LogP contribution in [0.1, 0.15) is 24.5 Å². The van der Waals surface area contributed by atoms with E-state index in [0.29, 0.717) is 6.42 Å². The summed E-state index contributed by atoms with van der Waals surface area (Å²) in [7, 11) is 0. The van der Waals surface area contributed by atoms with Gasteiger partial charge in [-0.15, -0.1) is 0 Å². The number of hydrogen-bond donors (Lipinski definition) is 1. The van der Waals surface area contributed by atoms with Crippen LogP contribution in [0.15, 0.2) is 59.1 Å². The molecule has 0 heterocycles. The largest absolute Gasteiger partial charge is 0.353 e. The Hall–Kier alpha value is -1.61. The monoisotopic (exact) mass is 345 g/mol. The van der Waals surface area contributed by atoms with Crippen molar-refractivity contribution >= 4 is 21.8 Å². The zero-order chi connectivity index (χ0) is 15.1. The maximum absolute atomic E-state index is 12.0. The molecular weight excluding hydrogens is 326 g/mol. The minimum atomic E-state index is 0.114. The van der Waals surface area contributed by atoms with Gasteiger partial charge in [-0.25, -0.2) is 0 Å². The SMILES string of the molecule is CC(Cc1ccc(Br)cc1)NC(=O)CCc1ccccc1. The molecule has 0 radical (unpaired) electrons. The Balaban J connectivity index is 1.75.